The average molecular weight is 274 g/mol. The molecule has 1 aliphatic rings. The van der Waals surface area contributed by atoms with Gasteiger partial charge in [-0.2, -0.15) is 0 Å². The maximum Gasteiger partial charge on any atom is 0.125 e. The Kier molecular flexibility index (Phi) is 3.61. The maximum absolute atomic E-state index is 9.87. The van der Waals surface area contributed by atoms with Crippen molar-refractivity contribution in [2.24, 2.45) is 0 Å². The molecule has 1 saturated heterocycles. The summed E-state index contributed by atoms with van der Waals surface area (Å²) in [5.74, 6) is 0.750. The summed E-state index contributed by atoms with van der Waals surface area (Å²) in [6.45, 7) is -0.173. The third kappa shape index (κ3) is 2.26. The molecule has 2 aromatic carbocycles. The number of benzene rings is 2. The van der Waals surface area contributed by atoms with Crippen LogP contribution in [-0.4, -0.2) is 36.1 Å². The van der Waals surface area contributed by atoms with Crippen LogP contribution >= 0.6 is 0 Å². The SMILES string of the molecule is COc1cc2ccccc2cc1[C@H]1C[C@@H](O)[C@@H](CO)O1. The molecule has 0 bridgehead atoms. The Balaban J connectivity index is 2.02. The molecule has 1 aliphatic heterocycles. The van der Waals surface area contributed by atoms with E-state index < -0.39 is 12.2 Å². The normalized spacial score (nSPS) is 26.1. The Labute approximate surface area is 117 Å². The highest BCUT2D eigenvalue weighted by molar-refractivity contribution is 5.85. The van der Waals surface area contributed by atoms with E-state index in [0.717, 1.165) is 22.1 Å². The zero-order valence-electron chi connectivity index (χ0n) is 11.3. The number of fused-ring (bicyclic) bond motifs is 1. The van der Waals surface area contributed by atoms with E-state index >= 15 is 0 Å². The van der Waals surface area contributed by atoms with Crippen molar-refractivity contribution in [2.75, 3.05) is 13.7 Å². The van der Waals surface area contributed by atoms with Crippen molar-refractivity contribution in [1.82, 2.24) is 0 Å². The molecular formula is C16H18O4. The molecule has 4 nitrogen and oxygen atoms in total. The van der Waals surface area contributed by atoms with Crippen LogP contribution < -0.4 is 4.74 Å². The van der Waals surface area contributed by atoms with Crippen LogP contribution in [0, 0.1) is 0 Å². The Morgan fingerprint density at radius 1 is 1.25 bits per heavy atom. The van der Waals surface area contributed by atoms with Gasteiger partial charge in [-0.1, -0.05) is 24.3 Å². The molecule has 0 unspecified atom stereocenters. The molecule has 2 N–H and O–H groups in total. The molecule has 0 aromatic heterocycles. The van der Waals surface area contributed by atoms with Crippen molar-refractivity contribution in [3.8, 4) is 5.75 Å². The van der Waals surface area contributed by atoms with E-state index in [-0.39, 0.29) is 12.7 Å². The lowest BCUT2D eigenvalue weighted by Gasteiger charge is -2.16. The second-order valence-electron chi connectivity index (χ2n) is 5.09. The van der Waals surface area contributed by atoms with Gasteiger partial charge in [-0.05, 0) is 22.9 Å². The fraction of sp³-hybridized carbons (Fsp3) is 0.375. The van der Waals surface area contributed by atoms with Crippen molar-refractivity contribution >= 4 is 10.8 Å². The Morgan fingerprint density at radius 2 is 1.95 bits per heavy atom. The van der Waals surface area contributed by atoms with Gasteiger partial charge in [0.2, 0.25) is 0 Å². The number of hydrogen-bond acceptors (Lipinski definition) is 4. The van der Waals surface area contributed by atoms with Crippen LogP contribution in [0.5, 0.6) is 5.75 Å². The number of hydrogen-bond donors (Lipinski definition) is 2. The van der Waals surface area contributed by atoms with Crippen molar-refractivity contribution in [3.63, 3.8) is 0 Å². The summed E-state index contributed by atoms with van der Waals surface area (Å²) in [7, 11) is 1.63. The zero-order chi connectivity index (χ0) is 14.1. The van der Waals surface area contributed by atoms with Crippen LogP contribution in [0.25, 0.3) is 10.8 Å². The maximum atomic E-state index is 9.87. The molecule has 1 heterocycles. The van der Waals surface area contributed by atoms with Crippen LogP contribution in [0.2, 0.25) is 0 Å². The fourth-order valence-corrected chi connectivity index (χ4v) is 2.76. The van der Waals surface area contributed by atoms with E-state index in [9.17, 15) is 10.2 Å². The van der Waals surface area contributed by atoms with E-state index in [1.54, 1.807) is 7.11 Å². The minimum absolute atomic E-state index is 0.173. The van der Waals surface area contributed by atoms with Gasteiger partial charge in [0, 0.05) is 12.0 Å². The number of rotatable bonds is 3. The lowest BCUT2D eigenvalue weighted by atomic mass is 9.99. The molecule has 0 amide bonds. The van der Waals surface area contributed by atoms with Crippen molar-refractivity contribution in [1.29, 1.82) is 0 Å². The lowest BCUT2D eigenvalue weighted by Crippen LogP contribution is -2.24. The van der Waals surface area contributed by atoms with Gasteiger partial charge in [-0.3, -0.25) is 0 Å². The smallest absolute Gasteiger partial charge is 0.125 e. The van der Waals surface area contributed by atoms with Gasteiger partial charge < -0.3 is 19.7 Å². The lowest BCUT2D eigenvalue weighted by molar-refractivity contribution is -0.0230. The van der Waals surface area contributed by atoms with E-state index in [0.29, 0.717) is 6.42 Å². The molecule has 0 saturated carbocycles. The quantitative estimate of drug-likeness (QED) is 0.899. The third-order valence-electron chi connectivity index (χ3n) is 3.85. The molecule has 0 spiro atoms. The number of aliphatic hydroxyl groups is 2. The van der Waals surface area contributed by atoms with E-state index in [2.05, 4.69) is 0 Å². The minimum atomic E-state index is -0.638. The fourth-order valence-electron chi connectivity index (χ4n) is 2.76. The predicted octanol–water partition coefficient (Wildman–Crippen LogP) is 2.03. The summed E-state index contributed by atoms with van der Waals surface area (Å²) in [5, 5.41) is 21.3. The summed E-state index contributed by atoms with van der Waals surface area (Å²) in [6, 6.07) is 12.0. The molecular weight excluding hydrogens is 256 g/mol. The van der Waals surface area contributed by atoms with E-state index in [4.69, 9.17) is 9.47 Å². The topological polar surface area (TPSA) is 58.9 Å². The molecule has 0 radical (unpaired) electrons. The van der Waals surface area contributed by atoms with Crippen LogP contribution in [0.4, 0.5) is 0 Å². The first kappa shape index (κ1) is 13.4. The second kappa shape index (κ2) is 5.40. The first-order chi connectivity index (χ1) is 9.72. The van der Waals surface area contributed by atoms with E-state index in [1.165, 1.54) is 0 Å². The van der Waals surface area contributed by atoms with Crippen molar-refractivity contribution in [2.45, 2.75) is 24.7 Å². The van der Waals surface area contributed by atoms with Gasteiger partial charge in [0.15, 0.2) is 0 Å². The van der Waals surface area contributed by atoms with Gasteiger partial charge in [0.1, 0.15) is 11.9 Å². The van der Waals surface area contributed by atoms with Crippen LogP contribution in [0.1, 0.15) is 18.1 Å². The average Bonchev–Trinajstić information content (AvgIpc) is 2.86. The van der Waals surface area contributed by atoms with Crippen LogP contribution in [0.15, 0.2) is 36.4 Å². The molecule has 3 rings (SSSR count). The first-order valence-corrected chi connectivity index (χ1v) is 6.74. The molecule has 0 aliphatic carbocycles. The molecule has 2 aromatic rings. The molecule has 3 atom stereocenters. The van der Waals surface area contributed by atoms with Crippen LogP contribution in [0.3, 0.4) is 0 Å². The largest absolute Gasteiger partial charge is 0.496 e. The van der Waals surface area contributed by atoms with E-state index in [1.807, 2.05) is 36.4 Å². The molecule has 4 heteroatoms. The van der Waals surface area contributed by atoms with Crippen LogP contribution in [-0.2, 0) is 4.74 Å². The Morgan fingerprint density at radius 3 is 2.55 bits per heavy atom. The Hall–Kier alpha value is -1.62. The monoisotopic (exact) mass is 274 g/mol. The Bertz CT molecular complexity index is 610. The highest BCUT2D eigenvalue weighted by atomic mass is 16.5. The summed E-state index contributed by atoms with van der Waals surface area (Å²) in [4.78, 5) is 0. The molecule has 1 fully saturated rings. The zero-order valence-corrected chi connectivity index (χ0v) is 11.3. The summed E-state index contributed by atoms with van der Waals surface area (Å²) >= 11 is 0. The third-order valence-corrected chi connectivity index (χ3v) is 3.85. The van der Waals surface area contributed by atoms with Gasteiger partial charge in [0.05, 0.1) is 25.9 Å². The predicted molar refractivity (Wildman–Crippen MR) is 75.8 cm³/mol. The van der Waals surface area contributed by atoms with Gasteiger partial charge >= 0.3 is 0 Å². The standard InChI is InChI=1S/C16H18O4/c1-19-14-7-11-5-3-2-4-10(11)6-12(14)15-8-13(18)16(9-17)20-15/h2-7,13,15-18H,8-9H2,1H3/t13-,15-,16-/m1/s1. The minimum Gasteiger partial charge on any atom is -0.496 e. The van der Waals surface area contributed by atoms with Gasteiger partial charge in [0.25, 0.3) is 0 Å². The summed E-state index contributed by atoms with van der Waals surface area (Å²) in [5.41, 5.74) is 0.918. The van der Waals surface area contributed by atoms with Crippen molar-refractivity contribution < 1.29 is 19.7 Å². The molecule has 106 valence electrons. The first-order valence-electron chi connectivity index (χ1n) is 6.74. The summed E-state index contributed by atoms with van der Waals surface area (Å²) < 4.78 is 11.2. The second-order valence-corrected chi connectivity index (χ2v) is 5.09. The number of methoxy groups -OCH3 is 1. The molecule has 20 heavy (non-hydrogen) atoms. The summed E-state index contributed by atoms with van der Waals surface area (Å²) in [6.07, 6.45) is -0.931. The highest BCUT2D eigenvalue weighted by Crippen LogP contribution is 2.39. The van der Waals surface area contributed by atoms with Gasteiger partial charge in [-0.25, -0.2) is 0 Å². The number of aliphatic hydroxyl groups excluding tert-OH is 2. The van der Waals surface area contributed by atoms with Crippen molar-refractivity contribution in [3.05, 3.63) is 42.0 Å². The van der Waals surface area contributed by atoms with Gasteiger partial charge in [-0.15, -0.1) is 0 Å². The highest BCUT2D eigenvalue weighted by Gasteiger charge is 2.35. The number of ether oxygens (including phenoxy) is 2.